The summed E-state index contributed by atoms with van der Waals surface area (Å²) in [6.45, 7) is 0. The first-order chi connectivity index (χ1) is 10.3. The molecule has 0 radical (unpaired) electrons. The molecular formula is C16H13N3O2. The highest BCUT2D eigenvalue weighted by atomic mass is 16.5. The fourth-order valence-corrected chi connectivity index (χ4v) is 2.12. The van der Waals surface area contributed by atoms with E-state index < -0.39 is 0 Å². The van der Waals surface area contributed by atoms with Gasteiger partial charge in [-0.15, -0.1) is 0 Å². The quantitative estimate of drug-likeness (QED) is 0.689. The number of aldehydes is 1. The molecule has 104 valence electrons. The van der Waals surface area contributed by atoms with Gasteiger partial charge >= 0.3 is 0 Å². The molecule has 0 aliphatic carbocycles. The first kappa shape index (κ1) is 13.1. The van der Waals surface area contributed by atoms with Gasteiger partial charge in [-0.25, -0.2) is 4.68 Å². The van der Waals surface area contributed by atoms with Crippen molar-refractivity contribution >= 4 is 6.29 Å². The monoisotopic (exact) mass is 279 g/mol. The number of nitrogens with zero attached hydrogens (tertiary/aromatic N) is 3. The number of carbonyl (C=O) groups is 1. The maximum Gasteiger partial charge on any atom is 0.153 e. The molecule has 0 spiro atoms. The van der Waals surface area contributed by atoms with Crippen LogP contribution in [0.5, 0.6) is 5.75 Å². The summed E-state index contributed by atoms with van der Waals surface area (Å²) in [6.07, 6.45) is 4.13. The predicted octanol–water partition coefficient (Wildman–Crippen LogP) is 2.76. The average molecular weight is 279 g/mol. The number of carbonyl (C=O) groups excluding carboxylic acids is 1. The van der Waals surface area contributed by atoms with Crippen molar-refractivity contribution in [3.05, 3.63) is 60.4 Å². The van der Waals surface area contributed by atoms with Crippen LogP contribution in [0.1, 0.15) is 10.4 Å². The molecular weight excluding hydrogens is 266 g/mol. The maximum absolute atomic E-state index is 11.3. The molecule has 0 saturated heterocycles. The second-order valence-corrected chi connectivity index (χ2v) is 4.38. The summed E-state index contributed by atoms with van der Waals surface area (Å²) >= 11 is 0. The summed E-state index contributed by atoms with van der Waals surface area (Å²) in [7, 11) is 1.60. The minimum absolute atomic E-state index is 0.486. The van der Waals surface area contributed by atoms with E-state index in [1.54, 1.807) is 24.2 Å². The van der Waals surface area contributed by atoms with Crippen LogP contribution in [0.15, 0.2) is 54.9 Å². The van der Waals surface area contributed by atoms with Crippen molar-refractivity contribution in [1.29, 1.82) is 0 Å². The lowest BCUT2D eigenvalue weighted by molar-refractivity contribution is 0.112. The van der Waals surface area contributed by atoms with Crippen LogP contribution in [0, 0.1) is 0 Å². The fraction of sp³-hybridized carbons (Fsp3) is 0.0625. The largest absolute Gasteiger partial charge is 0.494 e. The van der Waals surface area contributed by atoms with E-state index in [-0.39, 0.29) is 0 Å². The summed E-state index contributed by atoms with van der Waals surface area (Å²) in [5, 5.41) is 4.47. The number of benzene rings is 1. The van der Waals surface area contributed by atoms with Gasteiger partial charge in [0.1, 0.15) is 17.1 Å². The molecule has 0 saturated carbocycles. The molecule has 0 aliphatic rings. The van der Waals surface area contributed by atoms with Crippen molar-refractivity contribution in [1.82, 2.24) is 14.8 Å². The molecule has 21 heavy (non-hydrogen) atoms. The van der Waals surface area contributed by atoms with Crippen LogP contribution in [-0.4, -0.2) is 28.2 Å². The molecule has 0 N–H and O–H groups in total. The normalized spacial score (nSPS) is 10.3. The Kier molecular flexibility index (Phi) is 3.47. The van der Waals surface area contributed by atoms with Gasteiger partial charge in [0.2, 0.25) is 0 Å². The van der Waals surface area contributed by atoms with E-state index in [1.165, 1.54) is 0 Å². The van der Waals surface area contributed by atoms with Crippen molar-refractivity contribution < 1.29 is 9.53 Å². The highest BCUT2D eigenvalue weighted by Crippen LogP contribution is 2.25. The minimum atomic E-state index is 0.486. The third kappa shape index (κ3) is 2.41. The van der Waals surface area contributed by atoms with Crippen molar-refractivity contribution in [3.63, 3.8) is 0 Å². The number of hydrogen-bond acceptors (Lipinski definition) is 4. The lowest BCUT2D eigenvalue weighted by Gasteiger charge is -2.07. The van der Waals surface area contributed by atoms with Crippen LogP contribution >= 0.6 is 0 Å². The van der Waals surface area contributed by atoms with E-state index in [1.807, 2.05) is 42.5 Å². The third-order valence-corrected chi connectivity index (χ3v) is 3.11. The molecule has 0 bridgehead atoms. The minimum Gasteiger partial charge on any atom is -0.494 e. The molecule has 5 heteroatoms. The van der Waals surface area contributed by atoms with Crippen molar-refractivity contribution in [2.24, 2.45) is 0 Å². The van der Waals surface area contributed by atoms with Gasteiger partial charge in [0.15, 0.2) is 6.29 Å². The van der Waals surface area contributed by atoms with Gasteiger partial charge in [-0.3, -0.25) is 9.78 Å². The van der Waals surface area contributed by atoms with Gasteiger partial charge in [-0.05, 0) is 24.3 Å². The Morgan fingerprint density at radius 3 is 2.67 bits per heavy atom. The van der Waals surface area contributed by atoms with E-state index in [0.29, 0.717) is 22.7 Å². The van der Waals surface area contributed by atoms with E-state index in [0.717, 1.165) is 12.0 Å². The van der Waals surface area contributed by atoms with Crippen LogP contribution in [0.4, 0.5) is 0 Å². The Morgan fingerprint density at radius 1 is 1.14 bits per heavy atom. The number of pyridine rings is 1. The standard InChI is InChI=1S/C16H13N3O2/c1-21-15-8-3-2-7-14(15)19-10-12(11-20)16(18-19)13-6-4-5-9-17-13/h2-11H,1H3. The fourth-order valence-electron chi connectivity index (χ4n) is 2.12. The SMILES string of the molecule is COc1ccccc1-n1cc(C=O)c(-c2ccccn2)n1. The predicted molar refractivity (Wildman–Crippen MR) is 78.7 cm³/mol. The Labute approximate surface area is 121 Å². The van der Waals surface area contributed by atoms with Gasteiger partial charge in [-0.1, -0.05) is 18.2 Å². The van der Waals surface area contributed by atoms with E-state index in [4.69, 9.17) is 4.74 Å². The second-order valence-electron chi connectivity index (χ2n) is 4.38. The molecule has 0 amide bonds. The first-order valence-electron chi connectivity index (χ1n) is 6.43. The average Bonchev–Trinajstić information content (AvgIpc) is 2.99. The van der Waals surface area contributed by atoms with Gasteiger partial charge < -0.3 is 4.74 Å². The second kappa shape index (κ2) is 5.58. The topological polar surface area (TPSA) is 57.0 Å². The Hall–Kier alpha value is -2.95. The molecule has 5 nitrogen and oxygen atoms in total. The maximum atomic E-state index is 11.3. The lowest BCUT2D eigenvalue weighted by Crippen LogP contribution is -1.98. The molecule has 0 aliphatic heterocycles. The lowest BCUT2D eigenvalue weighted by atomic mass is 10.2. The van der Waals surface area contributed by atoms with Crippen molar-refractivity contribution in [2.45, 2.75) is 0 Å². The van der Waals surface area contributed by atoms with Crippen molar-refractivity contribution in [3.8, 4) is 22.8 Å². The molecule has 0 unspecified atom stereocenters. The summed E-state index contributed by atoms with van der Waals surface area (Å²) in [5.41, 5.74) is 2.47. The zero-order valence-electron chi connectivity index (χ0n) is 11.4. The molecule has 0 atom stereocenters. The van der Waals surface area contributed by atoms with Crippen LogP contribution in [0.2, 0.25) is 0 Å². The van der Waals surface area contributed by atoms with Gasteiger partial charge in [0, 0.05) is 12.4 Å². The van der Waals surface area contributed by atoms with E-state index in [2.05, 4.69) is 10.1 Å². The van der Waals surface area contributed by atoms with Crippen LogP contribution in [-0.2, 0) is 0 Å². The zero-order chi connectivity index (χ0) is 14.7. The highest BCUT2D eigenvalue weighted by Gasteiger charge is 2.14. The Morgan fingerprint density at radius 2 is 1.95 bits per heavy atom. The summed E-state index contributed by atoms with van der Waals surface area (Å²) in [6, 6.07) is 13.0. The van der Waals surface area contributed by atoms with Crippen molar-refractivity contribution in [2.75, 3.05) is 7.11 Å². The summed E-state index contributed by atoms with van der Waals surface area (Å²) < 4.78 is 6.95. The highest BCUT2D eigenvalue weighted by molar-refractivity contribution is 5.84. The third-order valence-electron chi connectivity index (χ3n) is 3.11. The Bertz CT molecular complexity index is 766. The number of rotatable bonds is 4. The van der Waals surface area contributed by atoms with Gasteiger partial charge in [0.05, 0.1) is 18.4 Å². The van der Waals surface area contributed by atoms with Gasteiger partial charge in [-0.2, -0.15) is 5.10 Å². The molecule has 2 heterocycles. The molecule has 1 aromatic carbocycles. The van der Waals surface area contributed by atoms with E-state index >= 15 is 0 Å². The number of methoxy groups -OCH3 is 1. The van der Waals surface area contributed by atoms with Crippen LogP contribution in [0.3, 0.4) is 0 Å². The van der Waals surface area contributed by atoms with Crippen LogP contribution in [0.25, 0.3) is 17.1 Å². The number of para-hydroxylation sites is 2. The Balaban J connectivity index is 2.14. The summed E-state index contributed by atoms with van der Waals surface area (Å²) in [4.78, 5) is 15.5. The molecule has 2 aromatic heterocycles. The number of hydrogen-bond donors (Lipinski definition) is 0. The molecule has 0 fully saturated rings. The van der Waals surface area contributed by atoms with Crippen LogP contribution < -0.4 is 4.74 Å². The molecule has 3 aromatic rings. The first-order valence-corrected chi connectivity index (χ1v) is 6.43. The molecule has 3 rings (SSSR count). The smallest absolute Gasteiger partial charge is 0.153 e. The van der Waals surface area contributed by atoms with Gasteiger partial charge in [0.25, 0.3) is 0 Å². The summed E-state index contributed by atoms with van der Waals surface area (Å²) in [5.74, 6) is 0.685. The number of aromatic nitrogens is 3. The number of ether oxygens (including phenoxy) is 1. The zero-order valence-corrected chi connectivity index (χ0v) is 11.4. The van der Waals surface area contributed by atoms with E-state index in [9.17, 15) is 4.79 Å².